The number of piperidine rings is 1. The quantitative estimate of drug-likeness (QED) is 0.753. The first-order valence-electron chi connectivity index (χ1n) is 9.25. The van der Waals surface area contributed by atoms with Gasteiger partial charge in [-0.15, -0.1) is 11.8 Å². The van der Waals surface area contributed by atoms with Crippen LogP contribution >= 0.6 is 23.4 Å². The largest absolute Gasteiger partial charge is 0.345 e. The number of nitrogens with zero attached hydrogens (tertiary/aromatic N) is 2. The van der Waals surface area contributed by atoms with Gasteiger partial charge in [0, 0.05) is 24.2 Å². The molecule has 1 saturated carbocycles. The van der Waals surface area contributed by atoms with Gasteiger partial charge in [0.15, 0.2) is 0 Å². The molecule has 5 heteroatoms. The minimum Gasteiger partial charge on any atom is -0.345 e. The van der Waals surface area contributed by atoms with Crippen LogP contribution in [0, 0.1) is 5.41 Å². The highest BCUT2D eigenvalue weighted by Crippen LogP contribution is 2.48. The Labute approximate surface area is 161 Å². The molecule has 0 unspecified atom stereocenters. The predicted molar refractivity (Wildman–Crippen MR) is 107 cm³/mol. The fourth-order valence-electron chi connectivity index (χ4n) is 4.09. The van der Waals surface area contributed by atoms with Crippen molar-refractivity contribution in [3.05, 3.63) is 28.8 Å². The predicted octanol–water partition coefficient (Wildman–Crippen LogP) is 4.79. The Morgan fingerprint density at radius 3 is 2.40 bits per heavy atom. The van der Waals surface area contributed by atoms with Crippen LogP contribution in [0.5, 0.6) is 0 Å². The molecule has 1 saturated heterocycles. The van der Waals surface area contributed by atoms with E-state index in [1.807, 2.05) is 30.0 Å². The SMILES string of the molecule is CN1CCC2(CCC(Sc3ccc(C(=O)N(C)C)c(Cl)c3)CC2)CC1. The van der Waals surface area contributed by atoms with E-state index in [1.165, 1.54) is 56.5 Å². The Balaban J connectivity index is 1.57. The second kappa shape index (κ2) is 7.89. The van der Waals surface area contributed by atoms with Crippen molar-refractivity contribution in [2.75, 3.05) is 34.2 Å². The second-order valence-electron chi connectivity index (χ2n) is 7.96. The van der Waals surface area contributed by atoms with Gasteiger partial charge in [-0.3, -0.25) is 4.79 Å². The first kappa shape index (κ1) is 19.1. The standard InChI is InChI=1S/C20H29ClN2OS/c1-22(2)19(24)17-5-4-16(14-18(17)21)25-15-6-8-20(9-7-15)10-12-23(3)13-11-20/h4-5,14-15H,6-13H2,1-3H3. The lowest BCUT2D eigenvalue weighted by Crippen LogP contribution is -2.40. The molecular formula is C20H29ClN2OS. The van der Waals surface area contributed by atoms with E-state index in [1.54, 1.807) is 19.0 Å². The Kier molecular flexibility index (Phi) is 6.02. The fourth-order valence-corrected chi connectivity index (χ4v) is 5.61. The molecule has 0 radical (unpaired) electrons. The Morgan fingerprint density at radius 1 is 1.20 bits per heavy atom. The molecule has 3 rings (SSSR count). The number of hydrogen-bond donors (Lipinski definition) is 0. The topological polar surface area (TPSA) is 23.6 Å². The van der Waals surface area contributed by atoms with E-state index in [4.69, 9.17) is 11.6 Å². The van der Waals surface area contributed by atoms with Crippen LogP contribution in [0.25, 0.3) is 0 Å². The van der Waals surface area contributed by atoms with Crippen molar-refractivity contribution in [3.63, 3.8) is 0 Å². The Hall–Kier alpha value is -0.710. The molecular weight excluding hydrogens is 352 g/mol. The molecule has 0 N–H and O–H groups in total. The van der Waals surface area contributed by atoms with Crippen molar-refractivity contribution < 1.29 is 4.79 Å². The zero-order valence-electron chi connectivity index (χ0n) is 15.6. The molecule has 1 heterocycles. The Bertz CT molecular complexity index is 616. The summed E-state index contributed by atoms with van der Waals surface area (Å²) in [7, 11) is 5.74. The lowest BCUT2D eigenvalue weighted by Gasteiger charge is -2.45. The number of benzene rings is 1. The summed E-state index contributed by atoms with van der Waals surface area (Å²) in [6, 6.07) is 5.88. The average Bonchev–Trinajstić information content (AvgIpc) is 2.59. The number of likely N-dealkylation sites (tertiary alicyclic amines) is 1. The summed E-state index contributed by atoms with van der Waals surface area (Å²) in [6.07, 6.45) is 8.06. The summed E-state index contributed by atoms with van der Waals surface area (Å²) in [6.45, 7) is 2.52. The van der Waals surface area contributed by atoms with Gasteiger partial charge in [0.1, 0.15) is 0 Å². The van der Waals surface area contributed by atoms with Gasteiger partial charge in [-0.05, 0) is 82.3 Å². The molecule has 1 spiro atoms. The number of hydrogen-bond acceptors (Lipinski definition) is 3. The van der Waals surface area contributed by atoms with Crippen molar-refractivity contribution in [3.8, 4) is 0 Å². The summed E-state index contributed by atoms with van der Waals surface area (Å²) in [5, 5.41) is 1.24. The zero-order valence-corrected chi connectivity index (χ0v) is 17.1. The van der Waals surface area contributed by atoms with Gasteiger partial charge in [0.2, 0.25) is 0 Å². The first-order valence-corrected chi connectivity index (χ1v) is 10.5. The number of carbonyl (C=O) groups excluding carboxylic acids is 1. The highest BCUT2D eigenvalue weighted by Gasteiger charge is 2.37. The lowest BCUT2D eigenvalue weighted by atomic mass is 9.68. The van der Waals surface area contributed by atoms with Gasteiger partial charge in [-0.2, -0.15) is 0 Å². The van der Waals surface area contributed by atoms with Crippen LogP contribution in [0.4, 0.5) is 0 Å². The van der Waals surface area contributed by atoms with Crippen LogP contribution in [0.1, 0.15) is 48.9 Å². The molecule has 3 nitrogen and oxygen atoms in total. The van der Waals surface area contributed by atoms with Gasteiger partial charge in [0.25, 0.3) is 5.91 Å². The maximum Gasteiger partial charge on any atom is 0.254 e. The number of rotatable bonds is 3. The van der Waals surface area contributed by atoms with Crippen molar-refractivity contribution in [1.82, 2.24) is 9.80 Å². The van der Waals surface area contributed by atoms with Gasteiger partial charge < -0.3 is 9.80 Å². The van der Waals surface area contributed by atoms with E-state index >= 15 is 0 Å². The summed E-state index contributed by atoms with van der Waals surface area (Å²) >= 11 is 8.29. The van der Waals surface area contributed by atoms with Crippen LogP contribution in [0.15, 0.2) is 23.1 Å². The second-order valence-corrected chi connectivity index (χ2v) is 9.74. The molecule has 1 aromatic rings. The molecule has 0 bridgehead atoms. The summed E-state index contributed by atoms with van der Waals surface area (Å²) < 4.78 is 0. The maximum absolute atomic E-state index is 12.1. The van der Waals surface area contributed by atoms with Gasteiger partial charge in [-0.25, -0.2) is 0 Å². The molecule has 1 aromatic carbocycles. The molecule has 2 fully saturated rings. The van der Waals surface area contributed by atoms with Crippen molar-refractivity contribution in [2.45, 2.75) is 48.7 Å². The van der Waals surface area contributed by atoms with Crippen LogP contribution in [-0.4, -0.2) is 55.2 Å². The van der Waals surface area contributed by atoms with E-state index in [0.29, 0.717) is 21.3 Å². The van der Waals surface area contributed by atoms with Crippen molar-refractivity contribution in [2.24, 2.45) is 5.41 Å². The van der Waals surface area contributed by atoms with E-state index in [-0.39, 0.29) is 5.91 Å². The number of carbonyl (C=O) groups is 1. The summed E-state index contributed by atoms with van der Waals surface area (Å²) in [5.41, 5.74) is 1.20. The monoisotopic (exact) mass is 380 g/mol. The zero-order chi connectivity index (χ0) is 18.0. The minimum absolute atomic E-state index is 0.0385. The summed E-state index contributed by atoms with van der Waals surface area (Å²) in [4.78, 5) is 17.3. The number of thioether (sulfide) groups is 1. The van der Waals surface area contributed by atoms with E-state index in [2.05, 4.69) is 11.9 Å². The molecule has 25 heavy (non-hydrogen) atoms. The third-order valence-electron chi connectivity index (χ3n) is 5.92. The van der Waals surface area contributed by atoms with Crippen LogP contribution in [-0.2, 0) is 0 Å². The van der Waals surface area contributed by atoms with Gasteiger partial charge in [-0.1, -0.05) is 11.6 Å². The van der Waals surface area contributed by atoms with Crippen LogP contribution in [0.2, 0.25) is 5.02 Å². The molecule has 1 amide bonds. The van der Waals surface area contributed by atoms with Crippen molar-refractivity contribution in [1.29, 1.82) is 0 Å². The smallest absolute Gasteiger partial charge is 0.254 e. The first-order chi connectivity index (χ1) is 11.9. The van der Waals surface area contributed by atoms with Crippen LogP contribution in [0.3, 0.4) is 0 Å². The molecule has 138 valence electrons. The fraction of sp³-hybridized carbons (Fsp3) is 0.650. The molecule has 0 atom stereocenters. The number of halogens is 1. The molecule has 1 aliphatic carbocycles. The van der Waals surface area contributed by atoms with Crippen molar-refractivity contribution >= 4 is 29.3 Å². The highest BCUT2D eigenvalue weighted by molar-refractivity contribution is 8.00. The molecule has 0 aromatic heterocycles. The van der Waals surface area contributed by atoms with E-state index in [9.17, 15) is 4.79 Å². The lowest BCUT2D eigenvalue weighted by molar-refractivity contribution is 0.0823. The normalized spacial score (nSPS) is 21.4. The highest BCUT2D eigenvalue weighted by atomic mass is 35.5. The third-order valence-corrected chi connectivity index (χ3v) is 7.56. The van der Waals surface area contributed by atoms with E-state index in [0.717, 1.165) is 0 Å². The van der Waals surface area contributed by atoms with Gasteiger partial charge >= 0.3 is 0 Å². The third kappa shape index (κ3) is 4.53. The maximum atomic E-state index is 12.1. The van der Waals surface area contributed by atoms with E-state index < -0.39 is 0 Å². The number of amides is 1. The molecule has 1 aliphatic heterocycles. The van der Waals surface area contributed by atoms with Gasteiger partial charge in [0.05, 0.1) is 10.6 Å². The summed E-state index contributed by atoms with van der Waals surface area (Å²) in [5.74, 6) is -0.0385. The molecule has 2 aliphatic rings. The van der Waals surface area contributed by atoms with Crippen LogP contribution < -0.4 is 0 Å². The minimum atomic E-state index is -0.0385. The Morgan fingerprint density at radius 2 is 1.84 bits per heavy atom. The average molecular weight is 381 g/mol.